The number of hydrazone groups is 1. The molecule has 0 bridgehead atoms. The zero-order valence-corrected chi connectivity index (χ0v) is 17.5. The van der Waals surface area contributed by atoms with Gasteiger partial charge in [0.05, 0.1) is 6.21 Å². The largest absolute Gasteiger partial charge is 0.329 e. The molecule has 8 nitrogen and oxygen atoms in total. The molecule has 0 unspecified atom stereocenters. The van der Waals surface area contributed by atoms with Crippen molar-refractivity contribution in [1.82, 2.24) is 19.1 Å². The predicted molar refractivity (Wildman–Crippen MR) is 123 cm³/mol. The summed E-state index contributed by atoms with van der Waals surface area (Å²) in [7, 11) is 1.58. The Morgan fingerprint density at radius 3 is 2.58 bits per heavy atom. The zero-order chi connectivity index (χ0) is 21.8. The van der Waals surface area contributed by atoms with E-state index in [4.69, 9.17) is 0 Å². The van der Waals surface area contributed by atoms with E-state index >= 15 is 0 Å². The highest BCUT2D eigenvalue weighted by molar-refractivity contribution is 5.80. The third-order valence-electron chi connectivity index (χ3n) is 5.15. The van der Waals surface area contributed by atoms with Crippen LogP contribution < -0.4 is 16.7 Å². The van der Waals surface area contributed by atoms with Crippen LogP contribution in [0.4, 0.5) is 5.95 Å². The van der Waals surface area contributed by atoms with E-state index in [1.807, 2.05) is 49.4 Å². The normalized spacial score (nSPS) is 11.4. The van der Waals surface area contributed by atoms with E-state index < -0.39 is 11.2 Å². The molecule has 0 aliphatic rings. The fraction of sp³-hybridized carbons (Fsp3) is 0.217. The van der Waals surface area contributed by atoms with Crippen molar-refractivity contribution in [1.29, 1.82) is 0 Å². The van der Waals surface area contributed by atoms with E-state index in [0.717, 1.165) is 18.4 Å². The Kier molecular flexibility index (Phi) is 5.79. The Labute approximate surface area is 178 Å². The summed E-state index contributed by atoms with van der Waals surface area (Å²) in [6.45, 7) is 2.58. The first-order valence-corrected chi connectivity index (χ1v) is 10.1. The van der Waals surface area contributed by atoms with Gasteiger partial charge in [0.25, 0.3) is 5.56 Å². The SMILES string of the molecule is Cc1ccc(/C=N/Nc2nc3c(c(=O)[nH]c(=O)n3C)n2CCCc2ccccc2)cc1. The summed E-state index contributed by atoms with van der Waals surface area (Å²) in [6.07, 6.45) is 3.35. The van der Waals surface area contributed by atoms with Gasteiger partial charge in [-0.1, -0.05) is 60.2 Å². The highest BCUT2D eigenvalue weighted by Crippen LogP contribution is 2.17. The van der Waals surface area contributed by atoms with Crippen molar-refractivity contribution in [3.63, 3.8) is 0 Å². The number of imidazole rings is 1. The van der Waals surface area contributed by atoms with E-state index in [-0.39, 0.29) is 0 Å². The lowest BCUT2D eigenvalue weighted by atomic mass is 10.1. The Hall–Kier alpha value is -3.94. The second-order valence-electron chi connectivity index (χ2n) is 7.45. The van der Waals surface area contributed by atoms with Gasteiger partial charge in [-0.2, -0.15) is 10.1 Å². The summed E-state index contributed by atoms with van der Waals surface area (Å²) < 4.78 is 3.11. The molecule has 2 aromatic heterocycles. The molecule has 2 N–H and O–H groups in total. The molecular formula is C23H24N6O2. The van der Waals surface area contributed by atoms with Crippen LogP contribution in [-0.4, -0.2) is 25.3 Å². The molecule has 0 aliphatic carbocycles. The van der Waals surface area contributed by atoms with Crippen LogP contribution in [0.3, 0.4) is 0 Å². The van der Waals surface area contributed by atoms with Crippen molar-refractivity contribution >= 4 is 23.3 Å². The van der Waals surface area contributed by atoms with Crippen LogP contribution in [0.2, 0.25) is 0 Å². The van der Waals surface area contributed by atoms with E-state index in [0.29, 0.717) is 23.7 Å². The van der Waals surface area contributed by atoms with Gasteiger partial charge in [-0.25, -0.2) is 10.2 Å². The Morgan fingerprint density at radius 1 is 1.10 bits per heavy atom. The van der Waals surface area contributed by atoms with Gasteiger partial charge < -0.3 is 4.57 Å². The Balaban J connectivity index is 1.64. The van der Waals surface area contributed by atoms with Crippen molar-refractivity contribution in [3.8, 4) is 0 Å². The standard InChI is InChI=1S/C23H24N6O2/c1-16-10-12-18(13-11-16)15-24-27-22-25-20-19(21(30)26-23(31)28(20)2)29(22)14-6-9-17-7-4-3-5-8-17/h3-5,7-8,10-13,15H,6,9,14H2,1-2H3,(H,25,27)(H,26,30,31)/b24-15+. The lowest BCUT2D eigenvalue weighted by molar-refractivity contribution is 0.659. The van der Waals surface area contributed by atoms with Gasteiger partial charge in [0.2, 0.25) is 5.95 Å². The van der Waals surface area contributed by atoms with Gasteiger partial charge in [0.1, 0.15) is 0 Å². The second-order valence-corrected chi connectivity index (χ2v) is 7.45. The average molecular weight is 416 g/mol. The number of hydrogen-bond acceptors (Lipinski definition) is 5. The van der Waals surface area contributed by atoms with Crippen molar-refractivity contribution in [2.24, 2.45) is 12.1 Å². The number of aromatic nitrogens is 4. The fourth-order valence-corrected chi connectivity index (χ4v) is 3.44. The number of fused-ring (bicyclic) bond motifs is 1. The average Bonchev–Trinajstić information content (AvgIpc) is 3.13. The number of anilines is 1. The van der Waals surface area contributed by atoms with Crippen LogP contribution in [0.15, 0.2) is 69.3 Å². The summed E-state index contributed by atoms with van der Waals surface area (Å²) in [5, 5.41) is 4.29. The minimum Gasteiger partial charge on any atom is -0.303 e. The number of nitrogens with zero attached hydrogens (tertiary/aromatic N) is 4. The first-order valence-electron chi connectivity index (χ1n) is 10.1. The first kappa shape index (κ1) is 20.3. The quantitative estimate of drug-likeness (QED) is 0.358. The molecule has 2 aromatic carbocycles. The lowest BCUT2D eigenvalue weighted by Gasteiger charge is -2.08. The van der Waals surface area contributed by atoms with Crippen molar-refractivity contribution in [2.45, 2.75) is 26.3 Å². The van der Waals surface area contributed by atoms with E-state index in [1.54, 1.807) is 17.8 Å². The van der Waals surface area contributed by atoms with E-state index in [2.05, 4.69) is 32.6 Å². The van der Waals surface area contributed by atoms with Crippen LogP contribution >= 0.6 is 0 Å². The summed E-state index contributed by atoms with van der Waals surface area (Å²) in [5.74, 6) is 0.415. The monoisotopic (exact) mass is 416 g/mol. The van der Waals surface area contributed by atoms with Gasteiger partial charge in [0, 0.05) is 13.6 Å². The predicted octanol–water partition coefficient (Wildman–Crippen LogP) is 2.81. The highest BCUT2D eigenvalue weighted by Gasteiger charge is 2.17. The van der Waals surface area contributed by atoms with Crippen molar-refractivity contribution < 1.29 is 0 Å². The smallest absolute Gasteiger partial charge is 0.303 e. The molecule has 8 heteroatoms. The van der Waals surface area contributed by atoms with Crippen LogP contribution in [0, 0.1) is 6.92 Å². The van der Waals surface area contributed by atoms with Crippen LogP contribution in [0.25, 0.3) is 11.2 Å². The molecular weight excluding hydrogens is 392 g/mol. The molecule has 2 heterocycles. The molecule has 0 saturated carbocycles. The molecule has 0 amide bonds. The maximum atomic E-state index is 12.6. The first-order chi connectivity index (χ1) is 15.0. The van der Waals surface area contributed by atoms with Gasteiger partial charge in [0.15, 0.2) is 11.2 Å². The van der Waals surface area contributed by atoms with Gasteiger partial charge in [-0.05, 0) is 30.9 Å². The number of aryl methyl sites for hydroxylation is 4. The van der Waals surface area contributed by atoms with E-state index in [9.17, 15) is 9.59 Å². The number of nitrogens with one attached hydrogen (secondary N) is 2. The summed E-state index contributed by atoms with van der Waals surface area (Å²) in [6, 6.07) is 18.1. The number of hydrogen-bond donors (Lipinski definition) is 2. The summed E-state index contributed by atoms with van der Waals surface area (Å²) in [5.41, 5.74) is 5.99. The summed E-state index contributed by atoms with van der Waals surface area (Å²) in [4.78, 5) is 31.4. The van der Waals surface area contributed by atoms with E-state index in [1.165, 1.54) is 15.7 Å². The maximum Gasteiger partial charge on any atom is 0.329 e. The molecule has 31 heavy (non-hydrogen) atoms. The van der Waals surface area contributed by atoms with Crippen LogP contribution in [-0.2, 0) is 20.0 Å². The minimum absolute atomic E-state index is 0.321. The van der Waals surface area contributed by atoms with Crippen molar-refractivity contribution in [2.75, 3.05) is 5.43 Å². The Morgan fingerprint density at radius 2 is 1.84 bits per heavy atom. The number of rotatable bonds is 7. The molecule has 0 fully saturated rings. The molecule has 158 valence electrons. The van der Waals surface area contributed by atoms with Gasteiger partial charge in [-0.15, -0.1) is 0 Å². The number of aromatic amines is 1. The highest BCUT2D eigenvalue weighted by atomic mass is 16.2. The third kappa shape index (κ3) is 4.48. The lowest BCUT2D eigenvalue weighted by Crippen LogP contribution is -2.29. The molecule has 0 spiro atoms. The van der Waals surface area contributed by atoms with Crippen LogP contribution in [0.1, 0.15) is 23.1 Å². The molecule has 0 saturated heterocycles. The summed E-state index contributed by atoms with van der Waals surface area (Å²) >= 11 is 0. The van der Waals surface area contributed by atoms with Gasteiger partial charge in [-0.3, -0.25) is 14.3 Å². The Bertz CT molecular complexity index is 1330. The zero-order valence-electron chi connectivity index (χ0n) is 17.5. The van der Waals surface area contributed by atoms with Crippen LogP contribution in [0.5, 0.6) is 0 Å². The molecule has 0 radical (unpaired) electrons. The van der Waals surface area contributed by atoms with Crippen molar-refractivity contribution in [3.05, 3.63) is 92.1 Å². The second kappa shape index (κ2) is 8.83. The molecule has 0 atom stereocenters. The number of benzene rings is 2. The molecule has 4 aromatic rings. The third-order valence-corrected chi connectivity index (χ3v) is 5.15. The number of H-pyrrole nitrogens is 1. The topological polar surface area (TPSA) is 97.1 Å². The molecule has 4 rings (SSSR count). The molecule has 0 aliphatic heterocycles. The van der Waals surface area contributed by atoms with Gasteiger partial charge >= 0.3 is 5.69 Å². The fourth-order valence-electron chi connectivity index (χ4n) is 3.44. The minimum atomic E-state index is -0.499. The maximum absolute atomic E-state index is 12.6.